The molecule has 1 atom stereocenters. The molecule has 2 aliphatic carbocycles. The van der Waals surface area contributed by atoms with Gasteiger partial charge in [-0.2, -0.15) is 0 Å². The van der Waals surface area contributed by atoms with Gasteiger partial charge >= 0.3 is 0 Å². The van der Waals surface area contributed by atoms with Gasteiger partial charge in [0.25, 0.3) is 0 Å². The molecule has 0 aromatic carbocycles. The summed E-state index contributed by atoms with van der Waals surface area (Å²) in [5.41, 5.74) is 1.95. The molecule has 2 nitrogen and oxygen atoms in total. The summed E-state index contributed by atoms with van der Waals surface area (Å²) in [6, 6.07) is 3.42. The minimum Gasteiger partial charge on any atom is -0.469 e. The molecule has 118 valence electrons. The van der Waals surface area contributed by atoms with Crippen LogP contribution in [0, 0.1) is 11.3 Å². The van der Waals surface area contributed by atoms with Crippen molar-refractivity contribution in [2.24, 2.45) is 11.3 Å². The molecule has 1 aromatic heterocycles. The largest absolute Gasteiger partial charge is 0.469 e. The van der Waals surface area contributed by atoms with E-state index in [0.717, 1.165) is 12.3 Å². The van der Waals surface area contributed by atoms with Crippen LogP contribution in [0.2, 0.25) is 0 Å². The number of furan rings is 1. The van der Waals surface area contributed by atoms with Crippen molar-refractivity contribution in [3.63, 3.8) is 0 Å². The highest BCUT2D eigenvalue weighted by atomic mass is 16.3. The van der Waals surface area contributed by atoms with Gasteiger partial charge in [-0.25, -0.2) is 0 Å². The summed E-state index contributed by atoms with van der Waals surface area (Å²) < 4.78 is 5.61. The van der Waals surface area contributed by atoms with Gasteiger partial charge in [0.2, 0.25) is 0 Å². The van der Waals surface area contributed by atoms with Gasteiger partial charge in [0, 0.05) is 24.1 Å². The first-order chi connectivity index (χ1) is 10.1. The van der Waals surface area contributed by atoms with E-state index in [1.165, 1.54) is 56.3 Å². The normalized spacial score (nSPS) is 30.1. The third-order valence-electron chi connectivity index (χ3n) is 6.23. The van der Waals surface area contributed by atoms with E-state index in [1.807, 2.05) is 6.26 Å². The Bertz CT molecular complexity index is 454. The molecule has 0 spiro atoms. The predicted molar refractivity (Wildman–Crippen MR) is 87.3 cm³/mol. The Balaban J connectivity index is 1.55. The lowest BCUT2D eigenvalue weighted by atomic mass is 9.69. The van der Waals surface area contributed by atoms with Gasteiger partial charge in [-0.1, -0.05) is 27.2 Å². The maximum atomic E-state index is 5.61. The lowest BCUT2D eigenvalue weighted by Gasteiger charge is -2.40. The van der Waals surface area contributed by atoms with E-state index in [9.17, 15) is 0 Å². The summed E-state index contributed by atoms with van der Waals surface area (Å²) >= 11 is 0. The first kappa shape index (κ1) is 15.1. The smallest absolute Gasteiger partial charge is 0.108 e. The standard InChI is InChI=1S/C19H31NO/c1-4-19(2,3)14-8-10-15(11-9-14)20-17-6-5-7-18-16(17)12-13-21-18/h12-15,17,20H,4-11H2,1-3H3. The van der Waals surface area contributed by atoms with Gasteiger partial charge in [0.05, 0.1) is 6.26 Å². The SMILES string of the molecule is CCC(C)(C)C1CCC(NC2CCCc3occc32)CC1. The van der Waals surface area contributed by atoms with Gasteiger partial charge in [0.1, 0.15) is 5.76 Å². The molecule has 1 unspecified atom stereocenters. The Kier molecular flexibility index (Phi) is 4.44. The van der Waals surface area contributed by atoms with Gasteiger partial charge in [-0.05, 0) is 55.9 Å². The zero-order valence-corrected chi connectivity index (χ0v) is 14.0. The molecule has 0 bridgehead atoms. The van der Waals surface area contributed by atoms with Gasteiger partial charge < -0.3 is 9.73 Å². The van der Waals surface area contributed by atoms with Crippen molar-refractivity contribution in [2.75, 3.05) is 0 Å². The topological polar surface area (TPSA) is 25.2 Å². The molecule has 1 heterocycles. The first-order valence-electron chi connectivity index (χ1n) is 8.92. The van der Waals surface area contributed by atoms with Crippen LogP contribution in [0.15, 0.2) is 16.7 Å². The van der Waals surface area contributed by atoms with E-state index in [1.54, 1.807) is 0 Å². The van der Waals surface area contributed by atoms with E-state index in [4.69, 9.17) is 4.42 Å². The quantitative estimate of drug-likeness (QED) is 0.819. The van der Waals surface area contributed by atoms with Crippen LogP contribution in [-0.4, -0.2) is 6.04 Å². The van der Waals surface area contributed by atoms with Crippen LogP contribution in [0.4, 0.5) is 0 Å². The van der Waals surface area contributed by atoms with Crippen molar-refractivity contribution in [1.82, 2.24) is 5.32 Å². The number of nitrogens with one attached hydrogen (secondary N) is 1. The minimum atomic E-state index is 0.521. The zero-order chi connectivity index (χ0) is 14.9. The van der Waals surface area contributed by atoms with Crippen LogP contribution in [0.3, 0.4) is 0 Å². The third kappa shape index (κ3) is 3.21. The van der Waals surface area contributed by atoms with Gasteiger partial charge in [-0.3, -0.25) is 0 Å². The van der Waals surface area contributed by atoms with Gasteiger partial charge in [-0.15, -0.1) is 0 Å². The van der Waals surface area contributed by atoms with Crippen molar-refractivity contribution in [3.05, 3.63) is 23.7 Å². The maximum absolute atomic E-state index is 5.61. The van der Waals surface area contributed by atoms with Gasteiger partial charge in [0.15, 0.2) is 0 Å². The number of rotatable bonds is 4. The highest BCUT2D eigenvalue weighted by Crippen LogP contribution is 2.41. The van der Waals surface area contributed by atoms with E-state index in [-0.39, 0.29) is 0 Å². The fraction of sp³-hybridized carbons (Fsp3) is 0.789. The maximum Gasteiger partial charge on any atom is 0.108 e. The Hall–Kier alpha value is -0.760. The van der Waals surface area contributed by atoms with Crippen molar-refractivity contribution in [3.8, 4) is 0 Å². The second-order valence-corrected chi connectivity index (χ2v) is 7.80. The van der Waals surface area contributed by atoms with E-state index >= 15 is 0 Å². The molecule has 1 N–H and O–H groups in total. The molecule has 0 amide bonds. The number of hydrogen-bond donors (Lipinski definition) is 1. The molecule has 1 saturated carbocycles. The molecule has 0 aliphatic heterocycles. The van der Waals surface area contributed by atoms with Crippen LogP contribution in [0.1, 0.15) is 83.1 Å². The average molecular weight is 289 g/mol. The number of hydrogen-bond acceptors (Lipinski definition) is 2. The second-order valence-electron chi connectivity index (χ2n) is 7.80. The highest BCUT2D eigenvalue weighted by molar-refractivity contribution is 5.24. The van der Waals surface area contributed by atoms with Crippen LogP contribution >= 0.6 is 0 Å². The Morgan fingerprint density at radius 3 is 2.67 bits per heavy atom. The predicted octanol–water partition coefficient (Wildman–Crippen LogP) is 5.24. The summed E-state index contributed by atoms with van der Waals surface area (Å²) in [6.07, 6.45) is 12.3. The lowest BCUT2D eigenvalue weighted by Crippen LogP contribution is -2.39. The lowest BCUT2D eigenvalue weighted by molar-refractivity contribution is 0.133. The van der Waals surface area contributed by atoms with Crippen LogP contribution in [0.5, 0.6) is 0 Å². The summed E-state index contributed by atoms with van der Waals surface area (Å²) in [7, 11) is 0. The van der Waals surface area contributed by atoms with Crippen molar-refractivity contribution in [2.45, 2.75) is 84.2 Å². The average Bonchev–Trinajstić information content (AvgIpc) is 2.97. The molecule has 0 saturated heterocycles. The minimum absolute atomic E-state index is 0.521. The van der Waals surface area contributed by atoms with E-state index < -0.39 is 0 Å². The Labute approximate surface area is 129 Å². The molecule has 3 rings (SSSR count). The van der Waals surface area contributed by atoms with Crippen molar-refractivity contribution in [1.29, 1.82) is 0 Å². The Morgan fingerprint density at radius 1 is 1.19 bits per heavy atom. The summed E-state index contributed by atoms with van der Waals surface area (Å²) in [6.45, 7) is 7.24. The summed E-state index contributed by atoms with van der Waals surface area (Å²) in [4.78, 5) is 0. The fourth-order valence-corrected chi connectivity index (χ4v) is 4.27. The second kappa shape index (κ2) is 6.16. The zero-order valence-electron chi connectivity index (χ0n) is 14.0. The number of fused-ring (bicyclic) bond motifs is 1. The highest BCUT2D eigenvalue weighted by Gasteiger charge is 2.33. The molecule has 2 heteroatoms. The molecular weight excluding hydrogens is 258 g/mol. The van der Waals surface area contributed by atoms with E-state index in [2.05, 4.69) is 32.2 Å². The molecule has 1 aromatic rings. The summed E-state index contributed by atoms with van der Waals surface area (Å²) in [5.74, 6) is 2.14. The third-order valence-corrected chi connectivity index (χ3v) is 6.23. The fourth-order valence-electron chi connectivity index (χ4n) is 4.27. The Morgan fingerprint density at radius 2 is 1.95 bits per heavy atom. The molecular formula is C19H31NO. The monoisotopic (exact) mass is 289 g/mol. The number of aryl methyl sites for hydroxylation is 1. The van der Waals surface area contributed by atoms with Crippen LogP contribution < -0.4 is 5.32 Å². The van der Waals surface area contributed by atoms with Crippen LogP contribution in [0.25, 0.3) is 0 Å². The molecule has 2 aliphatic rings. The van der Waals surface area contributed by atoms with E-state index in [0.29, 0.717) is 17.5 Å². The summed E-state index contributed by atoms with van der Waals surface area (Å²) in [5, 5.41) is 3.93. The van der Waals surface area contributed by atoms with Crippen molar-refractivity contribution >= 4 is 0 Å². The molecule has 1 fully saturated rings. The van der Waals surface area contributed by atoms with Crippen LogP contribution in [-0.2, 0) is 6.42 Å². The molecule has 21 heavy (non-hydrogen) atoms. The first-order valence-corrected chi connectivity index (χ1v) is 8.92. The van der Waals surface area contributed by atoms with Crippen molar-refractivity contribution < 1.29 is 4.42 Å². The molecule has 0 radical (unpaired) electrons.